The number of esters is 1. The quantitative estimate of drug-likeness (QED) is 0.676. The van der Waals surface area contributed by atoms with Gasteiger partial charge in [0.1, 0.15) is 23.7 Å². The van der Waals surface area contributed by atoms with Crippen LogP contribution in [-0.4, -0.2) is 32.2 Å². The number of fused-ring (bicyclic) bond motifs is 3. The van der Waals surface area contributed by atoms with E-state index in [1.807, 2.05) is 0 Å². The van der Waals surface area contributed by atoms with Crippen LogP contribution in [0.3, 0.4) is 0 Å². The number of rotatable bonds is 3. The molecule has 0 saturated heterocycles. The summed E-state index contributed by atoms with van der Waals surface area (Å²) in [4.78, 5) is 21.4. The monoisotopic (exact) mass is 340 g/mol. The summed E-state index contributed by atoms with van der Waals surface area (Å²) in [5.41, 5.74) is 1.57. The van der Waals surface area contributed by atoms with Crippen molar-refractivity contribution in [2.24, 2.45) is 0 Å². The molecule has 4 heterocycles. The Morgan fingerprint density at radius 1 is 1.40 bits per heavy atom. The van der Waals surface area contributed by atoms with Gasteiger partial charge in [-0.2, -0.15) is 5.10 Å². The number of nitrogens with zero attached hydrogens (tertiary/aromatic N) is 4. The van der Waals surface area contributed by atoms with Gasteiger partial charge in [0.05, 0.1) is 29.9 Å². The molecule has 0 amide bonds. The number of furan rings is 1. The van der Waals surface area contributed by atoms with Crippen LogP contribution in [0, 0.1) is 6.92 Å². The number of carbonyl (C=O) groups excluding carboxylic acids is 1. The zero-order chi connectivity index (χ0) is 17.6. The van der Waals surface area contributed by atoms with Gasteiger partial charge in [0.2, 0.25) is 5.88 Å². The Hall–Kier alpha value is -3.16. The molecular formula is C17H16N4O4. The van der Waals surface area contributed by atoms with Gasteiger partial charge in [-0.05, 0) is 32.9 Å². The minimum atomic E-state index is -0.530. The van der Waals surface area contributed by atoms with E-state index in [0.29, 0.717) is 40.0 Å². The second-order valence-corrected chi connectivity index (χ2v) is 5.63. The van der Waals surface area contributed by atoms with Crippen molar-refractivity contribution in [3.05, 3.63) is 53.2 Å². The third-order valence-electron chi connectivity index (χ3n) is 4.02. The predicted octanol–water partition coefficient (Wildman–Crippen LogP) is 2.39. The van der Waals surface area contributed by atoms with Gasteiger partial charge in [0, 0.05) is 0 Å². The number of aryl methyl sites for hydroxylation is 1. The lowest BCUT2D eigenvalue weighted by Crippen LogP contribution is -2.24. The van der Waals surface area contributed by atoms with Crippen LogP contribution in [0.15, 0.2) is 40.5 Å². The van der Waals surface area contributed by atoms with Crippen LogP contribution in [0.2, 0.25) is 0 Å². The van der Waals surface area contributed by atoms with Crippen molar-refractivity contribution in [1.82, 2.24) is 19.6 Å². The molecule has 25 heavy (non-hydrogen) atoms. The molecule has 0 radical (unpaired) electrons. The number of hydrogen-bond acceptors (Lipinski definition) is 7. The molecule has 0 spiro atoms. The normalized spacial score (nSPS) is 16.7. The molecule has 1 aliphatic heterocycles. The lowest BCUT2D eigenvalue weighted by molar-refractivity contribution is -0.139. The van der Waals surface area contributed by atoms with E-state index in [9.17, 15) is 4.79 Å². The van der Waals surface area contributed by atoms with Crippen LogP contribution in [0.4, 0.5) is 0 Å². The molecule has 0 saturated carbocycles. The largest absolute Gasteiger partial charge is 0.468 e. The summed E-state index contributed by atoms with van der Waals surface area (Å²) < 4.78 is 18.2. The molecule has 3 aromatic rings. The molecule has 0 bridgehead atoms. The summed E-state index contributed by atoms with van der Waals surface area (Å²) >= 11 is 0. The Kier molecular flexibility index (Phi) is 3.52. The number of carbonyl (C=O) groups is 1. The average molecular weight is 340 g/mol. The molecular weight excluding hydrogens is 324 g/mol. The number of ether oxygens (including phenoxy) is 2. The molecule has 8 nitrogen and oxygen atoms in total. The standard InChI is InChI=1S/C17H16N4O4/c1-4-23-17(22)12-9(2)25-16-14(13(12)11-6-5-7-24-11)15-19-10(3)20-21(15)8-18-16/h5-8,13H,4H2,1-3H3. The summed E-state index contributed by atoms with van der Waals surface area (Å²) in [6, 6.07) is 3.57. The van der Waals surface area contributed by atoms with Gasteiger partial charge >= 0.3 is 5.97 Å². The highest BCUT2D eigenvalue weighted by atomic mass is 16.5. The smallest absolute Gasteiger partial charge is 0.338 e. The van der Waals surface area contributed by atoms with Crippen molar-refractivity contribution < 1.29 is 18.7 Å². The molecule has 128 valence electrons. The second kappa shape index (κ2) is 5.73. The molecule has 0 N–H and O–H groups in total. The predicted molar refractivity (Wildman–Crippen MR) is 86.0 cm³/mol. The highest BCUT2D eigenvalue weighted by molar-refractivity contribution is 5.93. The first-order valence-corrected chi connectivity index (χ1v) is 7.91. The van der Waals surface area contributed by atoms with Crippen LogP contribution in [-0.2, 0) is 9.53 Å². The van der Waals surface area contributed by atoms with Crippen LogP contribution >= 0.6 is 0 Å². The van der Waals surface area contributed by atoms with E-state index in [0.717, 1.165) is 0 Å². The average Bonchev–Trinajstić information content (AvgIpc) is 3.21. The first-order valence-electron chi connectivity index (χ1n) is 7.91. The Labute approximate surface area is 143 Å². The Bertz CT molecular complexity index is 988. The lowest BCUT2D eigenvalue weighted by atomic mass is 9.87. The van der Waals surface area contributed by atoms with Crippen molar-refractivity contribution >= 4 is 11.6 Å². The fraction of sp³-hybridized carbons (Fsp3) is 0.294. The molecule has 0 fully saturated rings. The Morgan fingerprint density at radius 2 is 2.24 bits per heavy atom. The topological polar surface area (TPSA) is 91.8 Å². The van der Waals surface area contributed by atoms with E-state index in [2.05, 4.69) is 15.1 Å². The van der Waals surface area contributed by atoms with E-state index in [4.69, 9.17) is 13.9 Å². The number of hydrogen-bond donors (Lipinski definition) is 0. The molecule has 0 aromatic carbocycles. The van der Waals surface area contributed by atoms with Gasteiger partial charge in [-0.1, -0.05) is 0 Å². The van der Waals surface area contributed by atoms with Gasteiger partial charge in [-0.3, -0.25) is 0 Å². The zero-order valence-corrected chi connectivity index (χ0v) is 14.0. The summed E-state index contributed by atoms with van der Waals surface area (Å²) in [5.74, 6) is 1.01. The van der Waals surface area contributed by atoms with Crippen LogP contribution in [0.1, 0.15) is 36.9 Å². The SMILES string of the molecule is CCOC(=O)C1=C(C)Oc2ncn3nc(C)nc3c2C1c1ccco1. The molecule has 4 rings (SSSR count). The van der Waals surface area contributed by atoms with E-state index < -0.39 is 11.9 Å². The minimum Gasteiger partial charge on any atom is -0.468 e. The second-order valence-electron chi connectivity index (χ2n) is 5.63. The third-order valence-corrected chi connectivity index (χ3v) is 4.02. The third kappa shape index (κ3) is 2.37. The van der Waals surface area contributed by atoms with Crippen LogP contribution in [0.5, 0.6) is 5.88 Å². The van der Waals surface area contributed by atoms with E-state index in [1.54, 1.807) is 43.7 Å². The van der Waals surface area contributed by atoms with Gasteiger partial charge in [-0.15, -0.1) is 0 Å². The highest BCUT2D eigenvalue weighted by Gasteiger charge is 2.39. The van der Waals surface area contributed by atoms with E-state index in [1.165, 1.54) is 6.33 Å². The maximum atomic E-state index is 12.6. The van der Waals surface area contributed by atoms with Crippen molar-refractivity contribution in [1.29, 1.82) is 0 Å². The summed E-state index contributed by atoms with van der Waals surface area (Å²) in [5, 5.41) is 4.29. The van der Waals surface area contributed by atoms with E-state index >= 15 is 0 Å². The summed E-state index contributed by atoms with van der Waals surface area (Å²) in [6.45, 7) is 5.53. The highest BCUT2D eigenvalue weighted by Crippen LogP contribution is 2.44. The molecule has 1 unspecified atom stereocenters. The van der Waals surface area contributed by atoms with Gasteiger partial charge < -0.3 is 13.9 Å². The summed E-state index contributed by atoms with van der Waals surface area (Å²) in [6.07, 6.45) is 3.10. The first-order chi connectivity index (χ1) is 12.1. The van der Waals surface area contributed by atoms with Crippen molar-refractivity contribution in [3.8, 4) is 5.88 Å². The van der Waals surface area contributed by atoms with Crippen LogP contribution in [0.25, 0.3) is 5.65 Å². The maximum Gasteiger partial charge on any atom is 0.338 e. The lowest BCUT2D eigenvalue weighted by Gasteiger charge is -2.26. The Balaban J connectivity index is 2.00. The first kappa shape index (κ1) is 15.4. The molecule has 8 heteroatoms. The van der Waals surface area contributed by atoms with Crippen LogP contribution < -0.4 is 4.74 Å². The fourth-order valence-electron chi connectivity index (χ4n) is 3.06. The van der Waals surface area contributed by atoms with Crippen molar-refractivity contribution in [3.63, 3.8) is 0 Å². The maximum absolute atomic E-state index is 12.6. The Morgan fingerprint density at radius 3 is 2.96 bits per heavy atom. The molecule has 0 aliphatic carbocycles. The zero-order valence-electron chi connectivity index (χ0n) is 14.0. The fourth-order valence-corrected chi connectivity index (χ4v) is 3.06. The van der Waals surface area contributed by atoms with Crippen molar-refractivity contribution in [2.45, 2.75) is 26.7 Å². The van der Waals surface area contributed by atoms with Gasteiger partial charge in [-0.25, -0.2) is 19.3 Å². The van der Waals surface area contributed by atoms with Gasteiger partial charge in [0.25, 0.3) is 0 Å². The molecule has 1 atom stereocenters. The number of allylic oxidation sites excluding steroid dienone is 1. The molecule has 1 aliphatic rings. The molecule has 3 aromatic heterocycles. The minimum absolute atomic E-state index is 0.264. The van der Waals surface area contributed by atoms with Crippen molar-refractivity contribution in [2.75, 3.05) is 6.61 Å². The van der Waals surface area contributed by atoms with Gasteiger partial charge in [0.15, 0.2) is 5.65 Å². The number of aromatic nitrogens is 4. The summed E-state index contributed by atoms with van der Waals surface area (Å²) in [7, 11) is 0. The van der Waals surface area contributed by atoms with E-state index in [-0.39, 0.29) is 6.61 Å².